The number of hydrogen-bond donors (Lipinski definition) is 1. The molecule has 0 bridgehead atoms. The van der Waals surface area contributed by atoms with Gasteiger partial charge in [0.1, 0.15) is 5.82 Å². The molecule has 0 aliphatic rings. The topological polar surface area (TPSA) is 26.0 Å². The van der Waals surface area contributed by atoms with Gasteiger partial charge < -0.3 is 5.73 Å². The second kappa shape index (κ2) is 3.87. The first-order valence-electron chi connectivity index (χ1n) is 5.43. The minimum atomic E-state index is -0.174. The lowest BCUT2D eigenvalue weighted by molar-refractivity contribution is 0.539. The van der Waals surface area contributed by atoms with Gasteiger partial charge in [0, 0.05) is 17.3 Å². The molecule has 0 spiro atoms. The van der Waals surface area contributed by atoms with Crippen LogP contribution in [0.25, 0.3) is 10.8 Å². The maximum atomic E-state index is 13.6. The van der Waals surface area contributed by atoms with Crippen molar-refractivity contribution < 1.29 is 4.39 Å². The molecule has 0 aromatic heterocycles. The lowest BCUT2D eigenvalue weighted by Gasteiger charge is -2.23. The summed E-state index contributed by atoms with van der Waals surface area (Å²) in [6.07, 6.45) is 0. The summed E-state index contributed by atoms with van der Waals surface area (Å²) in [5, 5.41) is 1.60. The number of benzene rings is 2. The van der Waals surface area contributed by atoms with E-state index in [1.807, 2.05) is 24.3 Å². The minimum Gasteiger partial charge on any atom is -0.330 e. The maximum absolute atomic E-state index is 13.6. The van der Waals surface area contributed by atoms with Crippen LogP contribution in [0, 0.1) is 5.82 Å². The van der Waals surface area contributed by atoms with Gasteiger partial charge in [0.2, 0.25) is 0 Å². The van der Waals surface area contributed by atoms with Crippen molar-refractivity contribution in [3.8, 4) is 0 Å². The molecule has 84 valence electrons. The predicted octanol–water partition coefficient (Wildman–Crippen LogP) is 3.22. The molecule has 0 heterocycles. The standard InChI is InChI=1S/C14H16FN/c1-14(2,9-16)11-7-6-10-4-3-5-13(15)12(10)8-11/h3-8H,9,16H2,1-2H3. The Morgan fingerprint density at radius 3 is 2.62 bits per heavy atom. The molecule has 16 heavy (non-hydrogen) atoms. The number of fused-ring (bicyclic) bond motifs is 1. The van der Waals surface area contributed by atoms with Crippen molar-refractivity contribution in [2.45, 2.75) is 19.3 Å². The molecule has 2 rings (SSSR count). The Hall–Kier alpha value is -1.41. The molecule has 2 aromatic rings. The Morgan fingerprint density at radius 2 is 1.94 bits per heavy atom. The van der Waals surface area contributed by atoms with Crippen LogP contribution in [0.3, 0.4) is 0 Å². The Balaban J connectivity index is 2.64. The van der Waals surface area contributed by atoms with Gasteiger partial charge in [-0.2, -0.15) is 0 Å². The van der Waals surface area contributed by atoms with E-state index < -0.39 is 0 Å². The number of hydrogen-bond acceptors (Lipinski definition) is 1. The first kappa shape index (κ1) is 11.1. The van der Waals surface area contributed by atoms with Crippen LogP contribution >= 0.6 is 0 Å². The van der Waals surface area contributed by atoms with Crippen LogP contribution in [-0.4, -0.2) is 6.54 Å². The molecule has 0 amide bonds. The quantitative estimate of drug-likeness (QED) is 0.821. The highest BCUT2D eigenvalue weighted by Gasteiger charge is 2.18. The van der Waals surface area contributed by atoms with E-state index in [0.717, 1.165) is 10.9 Å². The zero-order valence-corrected chi connectivity index (χ0v) is 9.63. The van der Waals surface area contributed by atoms with Crippen LogP contribution in [0.15, 0.2) is 36.4 Å². The van der Waals surface area contributed by atoms with Crippen LogP contribution < -0.4 is 5.73 Å². The first-order valence-corrected chi connectivity index (χ1v) is 5.43. The highest BCUT2D eigenvalue weighted by atomic mass is 19.1. The van der Waals surface area contributed by atoms with Gasteiger partial charge in [0.25, 0.3) is 0 Å². The van der Waals surface area contributed by atoms with Gasteiger partial charge in [0.05, 0.1) is 0 Å². The van der Waals surface area contributed by atoms with E-state index in [9.17, 15) is 4.39 Å². The summed E-state index contributed by atoms with van der Waals surface area (Å²) in [6, 6.07) is 11.0. The third-order valence-corrected chi connectivity index (χ3v) is 3.12. The van der Waals surface area contributed by atoms with Crippen LogP contribution in [-0.2, 0) is 5.41 Å². The molecule has 2 aromatic carbocycles. The molecule has 2 heteroatoms. The van der Waals surface area contributed by atoms with Gasteiger partial charge in [-0.1, -0.05) is 38.1 Å². The van der Waals surface area contributed by atoms with E-state index in [1.54, 1.807) is 6.07 Å². The van der Waals surface area contributed by atoms with Crippen LogP contribution in [0.1, 0.15) is 19.4 Å². The smallest absolute Gasteiger partial charge is 0.131 e. The highest BCUT2D eigenvalue weighted by Crippen LogP contribution is 2.26. The third kappa shape index (κ3) is 1.81. The molecule has 1 nitrogen and oxygen atoms in total. The fraction of sp³-hybridized carbons (Fsp3) is 0.286. The van der Waals surface area contributed by atoms with E-state index in [2.05, 4.69) is 13.8 Å². The summed E-state index contributed by atoms with van der Waals surface area (Å²) < 4.78 is 13.6. The summed E-state index contributed by atoms with van der Waals surface area (Å²) in [6.45, 7) is 4.68. The highest BCUT2D eigenvalue weighted by molar-refractivity contribution is 5.83. The van der Waals surface area contributed by atoms with Crippen molar-refractivity contribution in [3.63, 3.8) is 0 Å². The largest absolute Gasteiger partial charge is 0.330 e. The van der Waals surface area contributed by atoms with Gasteiger partial charge in [-0.05, 0) is 23.1 Å². The monoisotopic (exact) mass is 217 g/mol. The Morgan fingerprint density at radius 1 is 1.19 bits per heavy atom. The van der Waals surface area contributed by atoms with E-state index in [0.29, 0.717) is 11.9 Å². The second-order valence-electron chi connectivity index (χ2n) is 4.76. The van der Waals surface area contributed by atoms with Gasteiger partial charge in [-0.15, -0.1) is 0 Å². The van der Waals surface area contributed by atoms with Crippen LogP contribution in [0.4, 0.5) is 4.39 Å². The average Bonchev–Trinajstić information content (AvgIpc) is 2.29. The van der Waals surface area contributed by atoms with E-state index in [-0.39, 0.29) is 11.2 Å². The van der Waals surface area contributed by atoms with Crippen molar-refractivity contribution in [3.05, 3.63) is 47.8 Å². The lowest BCUT2D eigenvalue weighted by atomic mass is 9.84. The molecule has 0 aliphatic carbocycles. The van der Waals surface area contributed by atoms with Crippen molar-refractivity contribution in [1.82, 2.24) is 0 Å². The zero-order valence-electron chi connectivity index (χ0n) is 9.63. The fourth-order valence-corrected chi connectivity index (χ4v) is 1.77. The Kier molecular flexibility index (Phi) is 2.68. The molecule has 0 fully saturated rings. The molecular formula is C14H16FN. The molecule has 2 N–H and O–H groups in total. The average molecular weight is 217 g/mol. The number of halogens is 1. The zero-order chi connectivity index (χ0) is 11.8. The second-order valence-corrected chi connectivity index (χ2v) is 4.76. The van der Waals surface area contributed by atoms with Crippen molar-refractivity contribution >= 4 is 10.8 Å². The number of rotatable bonds is 2. The predicted molar refractivity (Wildman–Crippen MR) is 66.0 cm³/mol. The summed E-state index contributed by atoms with van der Waals surface area (Å²) in [5.41, 5.74) is 6.69. The molecule has 0 saturated heterocycles. The molecule has 0 aliphatic heterocycles. The Labute approximate surface area is 95.1 Å². The van der Waals surface area contributed by atoms with Gasteiger partial charge >= 0.3 is 0 Å². The fourth-order valence-electron chi connectivity index (χ4n) is 1.77. The summed E-state index contributed by atoms with van der Waals surface area (Å²) in [7, 11) is 0. The number of nitrogens with two attached hydrogens (primary N) is 1. The summed E-state index contributed by atoms with van der Waals surface area (Å²) in [4.78, 5) is 0. The summed E-state index contributed by atoms with van der Waals surface area (Å²) in [5.74, 6) is -0.174. The lowest BCUT2D eigenvalue weighted by Crippen LogP contribution is -2.27. The SMILES string of the molecule is CC(C)(CN)c1ccc2cccc(F)c2c1. The molecule has 0 saturated carbocycles. The molecule has 0 radical (unpaired) electrons. The summed E-state index contributed by atoms with van der Waals surface area (Å²) >= 11 is 0. The van der Waals surface area contributed by atoms with Crippen molar-refractivity contribution in [1.29, 1.82) is 0 Å². The molecular weight excluding hydrogens is 201 g/mol. The van der Waals surface area contributed by atoms with Gasteiger partial charge in [-0.3, -0.25) is 0 Å². The van der Waals surface area contributed by atoms with Crippen molar-refractivity contribution in [2.24, 2.45) is 5.73 Å². The van der Waals surface area contributed by atoms with E-state index in [1.165, 1.54) is 6.07 Å². The third-order valence-electron chi connectivity index (χ3n) is 3.12. The normalized spacial score (nSPS) is 12.0. The first-order chi connectivity index (χ1) is 7.54. The van der Waals surface area contributed by atoms with Crippen LogP contribution in [0.2, 0.25) is 0 Å². The molecule has 0 unspecified atom stereocenters. The van der Waals surface area contributed by atoms with E-state index >= 15 is 0 Å². The van der Waals surface area contributed by atoms with Gasteiger partial charge in [0.15, 0.2) is 0 Å². The van der Waals surface area contributed by atoms with Crippen molar-refractivity contribution in [2.75, 3.05) is 6.54 Å². The maximum Gasteiger partial charge on any atom is 0.131 e. The van der Waals surface area contributed by atoms with Crippen LogP contribution in [0.5, 0.6) is 0 Å². The van der Waals surface area contributed by atoms with Gasteiger partial charge in [-0.25, -0.2) is 4.39 Å². The Bertz CT molecular complexity index is 517. The molecule has 0 atom stereocenters. The minimum absolute atomic E-state index is 0.115. The van der Waals surface area contributed by atoms with E-state index in [4.69, 9.17) is 5.73 Å².